The first-order valence-corrected chi connectivity index (χ1v) is 5.14. The summed E-state index contributed by atoms with van der Waals surface area (Å²) in [5.74, 6) is 0.304. The zero-order valence-electron chi connectivity index (χ0n) is 9.09. The minimum Gasteiger partial charge on any atom is -0.508 e. The van der Waals surface area contributed by atoms with E-state index in [1.165, 1.54) is 0 Å². The van der Waals surface area contributed by atoms with Gasteiger partial charge in [0.05, 0.1) is 5.69 Å². The molecule has 0 aliphatic heterocycles. The van der Waals surface area contributed by atoms with Crippen molar-refractivity contribution >= 4 is 11.9 Å². The standard InChI is InChI=1S/C14H13NO/c1-11-9-13(7-8-14(11)16)15-10-12-5-3-2-4-6-12/h2-10,16H,1H3/b15-10+. The van der Waals surface area contributed by atoms with Gasteiger partial charge in [-0.3, -0.25) is 4.99 Å². The fourth-order valence-corrected chi connectivity index (χ4v) is 1.41. The lowest BCUT2D eigenvalue weighted by Crippen LogP contribution is -1.79. The van der Waals surface area contributed by atoms with Gasteiger partial charge in [-0.25, -0.2) is 0 Å². The third-order valence-corrected chi connectivity index (χ3v) is 2.34. The Bertz CT molecular complexity index is 503. The molecule has 0 bridgehead atoms. The van der Waals surface area contributed by atoms with Gasteiger partial charge in [-0.1, -0.05) is 30.3 Å². The molecule has 0 aliphatic rings. The maximum Gasteiger partial charge on any atom is 0.118 e. The van der Waals surface area contributed by atoms with Crippen LogP contribution in [0.5, 0.6) is 5.75 Å². The normalized spacial score (nSPS) is 10.8. The number of aryl methyl sites for hydroxylation is 1. The van der Waals surface area contributed by atoms with Crippen LogP contribution < -0.4 is 0 Å². The largest absolute Gasteiger partial charge is 0.508 e. The Morgan fingerprint density at radius 3 is 2.50 bits per heavy atom. The van der Waals surface area contributed by atoms with Crippen molar-refractivity contribution in [3.05, 3.63) is 59.7 Å². The Morgan fingerprint density at radius 1 is 1.06 bits per heavy atom. The van der Waals surface area contributed by atoms with Gasteiger partial charge in [0.25, 0.3) is 0 Å². The molecule has 0 spiro atoms. The van der Waals surface area contributed by atoms with E-state index in [1.54, 1.807) is 12.1 Å². The van der Waals surface area contributed by atoms with E-state index in [2.05, 4.69) is 4.99 Å². The van der Waals surface area contributed by atoms with Crippen LogP contribution in [0.25, 0.3) is 0 Å². The summed E-state index contributed by atoms with van der Waals surface area (Å²) >= 11 is 0. The Labute approximate surface area is 94.9 Å². The van der Waals surface area contributed by atoms with E-state index in [1.807, 2.05) is 49.5 Å². The predicted octanol–water partition coefficient (Wildman–Crippen LogP) is 3.45. The summed E-state index contributed by atoms with van der Waals surface area (Å²) in [6, 6.07) is 15.2. The molecule has 0 radical (unpaired) electrons. The molecule has 2 heteroatoms. The van der Waals surface area contributed by atoms with Crippen molar-refractivity contribution in [1.82, 2.24) is 0 Å². The number of aromatic hydroxyl groups is 1. The number of hydrogen-bond acceptors (Lipinski definition) is 2. The lowest BCUT2D eigenvalue weighted by atomic mass is 10.2. The second-order valence-electron chi connectivity index (χ2n) is 3.64. The first-order valence-electron chi connectivity index (χ1n) is 5.14. The van der Waals surface area contributed by atoms with Crippen LogP contribution in [0.2, 0.25) is 0 Å². The second kappa shape index (κ2) is 4.62. The molecule has 0 atom stereocenters. The molecule has 0 unspecified atom stereocenters. The minimum absolute atomic E-state index is 0.304. The van der Waals surface area contributed by atoms with Gasteiger partial charge < -0.3 is 5.11 Å². The van der Waals surface area contributed by atoms with Gasteiger partial charge in [-0.05, 0) is 36.2 Å². The molecule has 0 heterocycles. The van der Waals surface area contributed by atoms with Gasteiger partial charge in [0.1, 0.15) is 5.75 Å². The second-order valence-corrected chi connectivity index (χ2v) is 3.64. The Hall–Kier alpha value is -2.09. The highest BCUT2D eigenvalue weighted by Crippen LogP contribution is 2.21. The van der Waals surface area contributed by atoms with Gasteiger partial charge in [-0.2, -0.15) is 0 Å². The molecule has 0 saturated carbocycles. The highest BCUT2D eigenvalue weighted by Gasteiger charge is 1.95. The zero-order valence-corrected chi connectivity index (χ0v) is 9.09. The van der Waals surface area contributed by atoms with Gasteiger partial charge in [0, 0.05) is 6.21 Å². The van der Waals surface area contributed by atoms with E-state index < -0.39 is 0 Å². The van der Waals surface area contributed by atoms with Crippen LogP contribution in [0.1, 0.15) is 11.1 Å². The summed E-state index contributed by atoms with van der Waals surface area (Å²) in [6.45, 7) is 1.86. The van der Waals surface area contributed by atoms with Crippen molar-refractivity contribution in [2.45, 2.75) is 6.92 Å². The molecule has 2 aromatic carbocycles. The molecular weight excluding hydrogens is 198 g/mol. The van der Waals surface area contributed by atoms with Crippen molar-refractivity contribution in [2.75, 3.05) is 0 Å². The van der Waals surface area contributed by atoms with Crippen molar-refractivity contribution in [2.24, 2.45) is 4.99 Å². The molecule has 80 valence electrons. The lowest BCUT2D eigenvalue weighted by Gasteiger charge is -1.99. The average Bonchev–Trinajstić information content (AvgIpc) is 2.32. The Balaban J connectivity index is 2.21. The molecule has 2 nitrogen and oxygen atoms in total. The topological polar surface area (TPSA) is 32.6 Å². The summed E-state index contributed by atoms with van der Waals surface area (Å²) in [5.41, 5.74) is 2.75. The lowest BCUT2D eigenvalue weighted by molar-refractivity contribution is 0.471. The van der Waals surface area contributed by atoms with E-state index in [9.17, 15) is 5.11 Å². The number of phenols is 1. The summed E-state index contributed by atoms with van der Waals surface area (Å²) < 4.78 is 0. The monoisotopic (exact) mass is 211 g/mol. The van der Waals surface area contributed by atoms with Crippen molar-refractivity contribution < 1.29 is 5.11 Å². The van der Waals surface area contributed by atoms with Crippen molar-refractivity contribution in [1.29, 1.82) is 0 Å². The molecular formula is C14H13NO. The first-order chi connectivity index (χ1) is 7.75. The summed E-state index contributed by atoms with van der Waals surface area (Å²) in [4.78, 5) is 4.34. The van der Waals surface area contributed by atoms with Crippen molar-refractivity contribution in [3.8, 4) is 5.75 Å². The molecule has 16 heavy (non-hydrogen) atoms. The minimum atomic E-state index is 0.304. The highest BCUT2D eigenvalue weighted by atomic mass is 16.3. The van der Waals surface area contributed by atoms with E-state index >= 15 is 0 Å². The van der Waals surface area contributed by atoms with Crippen LogP contribution >= 0.6 is 0 Å². The Morgan fingerprint density at radius 2 is 1.81 bits per heavy atom. The fourth-order valence-electron chi connectivity index (χ4n) is 1.41. The number of benzene rings is 2. The molecule has 0 saturated heterocycles. The van der Waals surface area contributed by atoms with Gasteiger partial charge in [0.2, 0.25) is 0 Å². The number of nitrogens with zero attached hydrogens (tertiary/aromatic N) is 1. The number of rotatable bonds is 2. The van der Waals surface area contributed by atoms with Crippen LogP contribution in [-0.4, -0.2) is 11.3 Å². The number of hydrogen-bond donors (Lipinski definition) is 1. The highest BCUT2D eigenvalue weighted by molar-refractivity contribution is 5.81. The molecule has 1 N–H and O–H groups in total. The summed E-state index contributed by atoms with van der Waals surface area (Å²) in [7, 11) is 0. The van der Waals surface area contributed by atoms with E-state index in [0.717, 1.165) is 16.8 Å². The van der Waals surface area contributed by atoms with Crippen LogP contribution in [-0.2, 0) is 0 Å². The van der Waals surface area contributed by atoms with Gasteiger partial charge >= 0.3 is 0 Å². The van der Waals surface area contributed by atoms with Crippen LogP contribution in [0.15, 0.2) is 53.5 Å². The molecule has 2 rings (SSSR count). The maximum atomic E-state index is 9.38. The fraction of sp³-hybridized carbons (Fsp3) is 0.0714. The molecule has 2 aromatic rings. The molecule has 0 amide bonds. The van der Waals surface area contributed by atoms with E-state index in [0.29, 0.717) is 5.75 Å². The Kier molecular flexibility index (Phi) is 3.01. The first kappa shape index (κ1) is 10.4. The third kappa shape index (κ3) is 2.48. The van der Waals surface area contributed by atoms with Crippen LogP contribution in [0.4, 0.5) is 5.69 Å². The van der Waals surface area contributed by atoms with Crippen LogP contribution in [0.3, 0.4) is 0 Å². The van der Waals surface area contributed by atoms with E-state index in [-0.39, 0.29) is 0 Å². The SMILES string of the molecule is Cc1cc(/N=C/c2ccccc2)ccc1O. The van der Waals surface area contributed by atoms with E-state index in [4.69, 9.17) is 0 Å². The summed E-state index contributed by atoms with van der Waals surface area (Å²) in [6.07, 6.45) is 1.81. The van der Waals surface area contributed by atoms with Gasteiger partial charge in [-0.15, -0.1) is 0 Å². The third-order valence-electron chi connectivity index (χ3n) is 2.34. The molecule has 0 fully saturated rings. The van der Waals surface area contributed by atoms with Crippen molar-refractivity contribution in [3.63, 3.8) is 0 Å². The average molecular weight is 211 g/mol. The summed E-state index contributed by atoms with van der Waals surface area (Å²) in [5, 5.41) is 9.38. The zero-order chi connectivity index (χ0) is 11.4. The predicted molar refractivity (Wildman–Crippen MR) is 66.5 cm³/mol. The quantitative estimate of drug-likeness (QED) is 0.758. The van der Waals surface area contributed by atoms with Gasteiger partial charge in [0.15, 0.2) is 0 Å². The maximum absolute atomic E-state index is 9.38. The van der Waals surface area contributed by atoms with Crippen LogP contribution in [0, 0.1) is 6.92 Å². The number of phenolic OH excluding ortho intramolecular Hbond substituents is 1. The smallest absolute Gasteiger partial charge is 0.118 e. The number of aliphatic imine (C=N–C) groups is 1. The molecule has 0 aromatic heterocycles. The molecule has 0 aliphatic carbocycles.